The molecule has 1 amide bonds. The first kappa shape index (κ1) is 18.4. The Kier molecular flexibility index (Phi) is 4.96. The lowest BCUT2D eigenvalue weighted by Crippen LogP contribution is -3.14. The van der Waals surface area contributed by atoms with Crippen molar-refractivity contribution in [1.82, 2.24) is 4.98 Å². The number of hydrogen-bond donors (Lipinski definition) is 3. The molecule has 1 aliphatic heterocycles. The molecule has 0 radical (unpaired) electrons. The number of halogens is 1. The summed E-state index contributed by atoms with van der Waals surface area (Å²) in [6, 6.07) is 13.8. The second-order valence-corrected chi connectivity index (χ2v) is 7.47. The van der Waals surface area contributed by atoms with Crippen LogP contribution in [-0.4, -0.2) is 36.3 Å². The molecule has 28 heavy (non-hydrogen) atoms. The molecular weight excluding hydrogens is 357 g/mol. The predicted octanol–water partition coefficient (Wildman–Crippen LogP) is 1.94. The van der Waals surface area contributed by atoms with E-state index in [0.29, 0.717) is 24.3 Å². The van der Waals surface area contributed by atoms with Crippen molar-refractivity contribution in [2.45, 2.75) is 12.8 Å². The highest BCUT2D eigenvalue weighted by Crippen LogP contribution is 2.30. The van der Waals surface area contributed by atoms with Crippen molar-refractivity contribution in [3.05, 3.63) is 59.9 Å². The molecule has 0 saturated carbocycles. The number of primary amides is 1. The molecule has 2 heterocycles. The summed E-state index contributed by atoms with van der Waals surface area (Å²) in [5.41, 5.74) is 8.43. The lowest BCUT2D eigenvalue weighted by Gasteiger charge is -2.27. The molecule has 0 aliphatic carbocycles. The average molecular weight is 380 g/mol. The summed E-state index contributed by atoms with van der Waals surface area (Å²) in [6.45, 7) is 1.75. The molecule has 5 nitrogen and oxygen atoms in total. The van der Waals surface area contributed by atoms with Crippen molar-refractivity contribution in [2.75, 3.05) is 19.6 Å². The lowest BCUT2D eigenvalue weighted by molar-refractivity contribution is -0.898. The number of benzene rings is 2. The Morgan fingerprint density at radius 3 is 2.64 bits per heavy atom. The van der Waals surface area contributed by atoms with E-state index in [1.165, 1.54) is 12.1 Å². The van der Waals surface area contributed by atoms with Crippen LogP contribution < -0.4 is 10.6 Å². The number of carbonyl (C=O) groups excluding carboxylic acids is 2. The summed E-state index contributed by atoms with van der Waals surface area (Å²) in [7, 11) is 0. The minimum Gasteiger partial charge on any atom is -0.369 e. The quantitative estimate of drug-likeness (QED) is 0.592. The average Bonchev–Trinajstić information content (AvgIpc) is 3.08. The number of likely N-dealkylation sites (tertiary alicyclic amines) is 1. The molecule has 0 bridgehead atoms. The fourth-order valence-electron chi connectivity index (χ4n) is 4.13. The molecule has 0 spiro atoms. The summed E-state index contributed by atoms with van der Waals surface area (Å²) in [4.78, 5) is 29.2. The van der Waals surface area contributed by atoms with E-state index in [-0.39, 0.29) is 23.4 Å². The van der Waals surface area contributed by atoms with Crippen LogP contribution in [0.2, 0.25) is 0 Å². The van der Waals surface area contributed by atoms with Crippen LogP contribution in [0.15, 0.2) is 48.5 Å². The van der Waals surface area contributed by atoms with Crippen LogP contribution in [0.4, 0.5) is 4.39 Å². The van der Waals surface area contributed by atoms with Gasteiger partial charge in [0.1, 0.15) is 12.4 Å². The SMILES string of the molecule is NC(=O)[C@H]1CCC[NH+](CC(=O)c2c(-c3ccc(F)cc3)[nH]c3ccccc23)C1. The lowest BCUT2D eigenvalue weighted by atomic mass is 9.96. The van der Waals surface area contributed by atoms with E-state index in [9.17, 15) is 14.0 Å². The number of aromatic amines is 1. The third-order valence-corrected chi connectivity index (χ3v) is 5.55. The van der Waals surface area contributed by atoms with Gasteiger partial charge in [0.2, 0.25) is 11.7 Å². The van der Waals surface area contributed by atoms with Crippen LogP contribution in [0, 0.1) is 11.7 Å². The number of nitrogens with two attached hydrogens (primary N) is 1. The van der Waals surface area contributed by atoms with Crippen LogP contribution in [-0.2, 0) is 4.79 Å². The van der Waals surface area contributed by atoms with Gasteiger partial charge in [-0.3, -0.25) is 9.59 Å². The number of aromatic nitrogens is 1. The minimum absolute atomic E-state index is 0.0110. The van der Waals surface area contributed by atoms with Gasteiger partial charge in [-0.25, -0.2) is 4.39 Å². The highest BCUT2D eigenvalue weighted by Gasteiger charge is 2.30. The number of fused-ring (bicyclic) bond motifs is 1. The Morgan fingerprint density at radius 2 is 1.89 bits per heavy atom. The van der Waals surface area contributed by atoms with E-state index < -0.39 is 0 Å². The second-order valence-electron chi connectivity index (χ2n) is 7.47. The number of amides is 1. The largest absolute Gasteiger partial charge is 0.369 e. The molecule has 6 heteroatoms. The molecule has 4 rings (SSSR count). The Bertz CT molecular complexity index is 1030. The summed E-state index contributed by atoms with van der Waals surface area (Å²) < 4.78 is 13.4. The maximum atomic E-state index is 13.4. The number of para-hydroxylation sites is 1. The molecule has 2 aromatic carbocycles. The maximum Gasteiger partial charge on any atom is 0.226 e. The summed E-state index contributed by atoms with van der Waals surface area (Å²) in [5, 5.41) is 0.856. The number of hydrogen-bond acceptors (Lipinski definition) is 2. The van der Waals surface area contributed by atoms with E-state index in [0.717, 1.165) is 40.8 Å². The van der Waals surface area contributed by atoms with E-state index in [1.807, 2.05) is 24.3 Å². The molecule has 2 atom stereocenters. The summed E-state index contributed by atoms with van der Waals surface area (Å²) >= 11 is 0. The fraction of sp³-hybridized carbons (Fsp3) is 0.273. The molecule has 1 aromatic heterocycles. The fourth-order valence-corrected chi connectivity index (χ4v) is 4.13. The molecule has 1 aliphatic rings. The van der Waals surface area contributed by atoms with Gasteiger partial charge in [0.15, 0.2) is 0 Å². The van der Waals surface area contributed by atoms with E-state index in [1.54, 1.807) is 12.1 Å². The number of Topliss-reactive ketones (excluding diaryl/α,β-unsaturated/α-hetero) is 1. The van der Waals surface area contributed by atoms with Crippen LogP contribution >= 0.6 is 0 Å². The van der Waals surface area contributed by atoms with Crippen molar-refractivity contribution in [1.29, 1.82) is 0 Å². The van der Waals surface area contributed by atoms with Crippen molar-refractivity contribution < 1.29 is 18.9 Å². The Labute approximate surface area is 162 Å². The first-order chi connectivity index (χ1) is 13.5. The van der Waals surface area contributed by atoms with Crippen molar-refractivity contribution in [2.24, 2.45) is 11.7 Å². The molecule has 1 saturated heterocycles. The number of ketones is 1. The maximum absolute atomic E-state index is 13.4. The zero-order chi connectivity index (χ0) is 19.7. The van der Waals surface area contributed by atoms with E-state index >= 15 is 0 Å². The topological polar surface area (TPSA) is 80.4 Å². The van der Waals surface area contributed by atoms with Gasteiger partial charge in [-0.05, 0) is 48.7 Å². The first-order valence-electron chi connectivity index (χ1n) is 9.55. The van der Waals surface area contributed by atoms with Gasteiger partial charge < -0.3 is 15.6 Å². The number of rotatable bonds is 5. The minimum atomic E-state index is -0.317. The van der Waals surface area contributed by atoms with Crippen LogP contribution in [0.1, 0.15) is 23.2 Å². The number of carbonyl (C=O) groups is 2. The molecular formula is C22H23FN3O2+. The van der Waals surface area contributed by atoms with Crippen LogP contribution in [0.5, 0.6) is 0 Å². The van der Waals surface area contributed by atoms with Gasteiger partial charge in [0.05, 0.1) is 30.3 Å². The van der Waals surface area contributed by atoms with Gasteiger partial charge in [-0.2, -0.15) is 0 Å². The van der Waals surface area contributed by atoms with Crippen molar-refractivity contribution >= 4 is 22.6 Å². The third-order valence-electron chi connectivity index (χ3n) is 5.55. The molecule has 1 fully saturated rings. The molecule has 1 unspecified atom stereocenters. The van der Waals surface area contributed by atoms with E-state index in [4.69, 9.17) is 5.73 Å². The van der Waals surface area contributed by atoms with Gasteiger partial charge >= 0.3 is 0 Å². The van der Waals surface area contributed by atoms with Crippen molar-refractivity contribution in [3.8, 4) is 11.3 Å². The van der Waals surface area contributed by atoms with Gasteiger partial charge in [0, 0.05) is 10.9 Å². The normalized spacial score (nSPS) is 19.6. The van der Waals surface area contributed by atoms with E-state index in [2.05, 4.69) is 4.98 Å². The second kappa shape index (κ2) is 7.56. The third kappa shape index (κ3) is 3.55. The van der Waals surface area contributed by atoms with Gasteiger partial charge in [-0.1, -0.05) is 18.2 Å². The number of piperidine rings is 1. The summed E-state index contributed by atoms with van der Waals surface area (Å²) in [6.07, 6.45) is 1.68. The van der Waals surface area contributed by atoms with Gasteiger partial charge in [0.25, 0.3) is 0 Å². The zero-order valence-electron chi connectivity index (χ0n) is 15.5. The number of nitrogens with one attached hydrogen (secondary N) is 2. The monoisotopic (exact) mass is 380 g/mol. The summed E-state index contributed by atoms with van der Waals surface area (Å²) in [5.74, 6) is -0.764. The Hall–Kier alpha value is -2.99. The highest BCUT2D eigenvalue weighted by atomic mass is 19.1. The smallest absolute Gasteiger partial charge is 0.226 e. The Morgan fingerprint density at radius 1 is 1.14 bits per heavy atom. The van der Waals surface area contributed by atoms with Crippen LogP contribution in [0.25, 0.3) is 22.2 Å². The Balaban J connectivity index is 1.68. The predicted molar refractivity (Wildman–Crippen MR) is 106 cm³/mol. The molecule has 4 N–H and O–H groups in total. The first-order valence-corrected chi connectivity index (χ1v) is 9.55. The standard InChI is InChI=1S/C22H22FN3O2/c23-16-9-7-14(8-10-16)21-20(17-5-1-2-6-18(17)25-21)19(27)13-26-11-3-4-15(12-26)22(24)28/h1-2,5-10,15,25H,3-4,11-13H2,(H2,24,28)/p+1/t15-/m0/s1. The number of quaternary nitrogens is 1. The van der Waals surface area contributed by atoms with Gasteiger partial charge in [-0.15, -0.1) is 0 Å². The number of H-pyrrole nitrogens is 1. The molecule has 144 valence electrons. The molecule has 3 aromatic rings. The van der Waals surface area contributed by atoms with Crippen LogP contribution in [0.3, 0.4) is 0 Å². The zero-order valence-corrected chi connectivity index (χ0v) is 15.5. The van der Waals surface area contributed by atoms with Crippen molar-refractivity contribution in [3.63, 3.8) is 0 Å². The highest BCUT2D eigenvalue weighted by molar-refractivity contribution is 6.13.